The monoisotopic (exact) mass is 437 g/mol. The summed E-state index contributed by atoms with van der Waals surface area (Å²) >= 11 is 0. The van der Waals surface area contributed by atoms with E-state index in [0.717, 1.165) is 16.9 Å². The molecule has 0 radical (unpaired) electrons. The fourth-order valence-electron chi connectivity index (χ4n) is 4.36. The van der Waals surface area contributed by atoms with Crippen LogP contribution >= 0.6 is 0 Å². The number of likely N-dealkylation sites (tertiary alicyclic amines) is 1. The number of fused-ring (bicyclic) bond motifs is 1. The molecule has 1 saturated heterocycles. The van der Waals surface area contributed by atoms with E-state index in [9.17, 15) is 9.59 Å². The molecule has 5 nitrogen and oxygen atoms in total. The third-order valence-electron chi connectivity index (χ3n) is 6.26. The summed E-state index contributed by atoms with van der Waals surface area (Å²) in [6.45, 7) is 0.967. The quantitative estimate of drug-likeness (QED) is 0.560. The summed E-state index contributed by atoms with van der Waals surface area (Å²) in [5, 5.41) is 0. The lowest BCUT2D eigenvalue weighted by Crippen LogP contribution is -2.51. The van der Waals surface area contributed by atoms with Gasteiger partial charge in [-0.3, -0.25) is 9.59 Å². The summed E-state index contributed by atoms with van der Waals surface area (Å²) in [5.41, 5.74) is 1.97. The first-order valence-corrected chi connectivity index (χ1v) is 11.0. The fraction of sp³-hybridized carbons (Fsp3) is 0.214. The van der Waals surface area contributed by atoms with E-state index in [0.29, 0.717) is 42.8 Å². The lowest BCUT2D eigenvalue weighted by molar-refractivity contribution is 0.0195. The summed E-state index contributed by atoms with van der Waals surface area (Å²) in [6, 6.07) is 22.2. The first-order chi connectivity index (χ1) is 16.1. The minimum Gasteiger partial charge on any atom is -0.497 e. The number of Topliss-reactive ketones (excluding diaryl/α,β-unsaturated/α-hetero) is 1. The molecule has 2 heterocycles. The Morgan fingerprint density at radius 3 is 2.30 bits per heavy atom. The molecule has 0 atom stereocenters. The highest BCUT2D eigenvalue weighted by Crippen LogP contribution is 2.41. The molecule has 0 saturated carbocycles. The van der Waals surface area contributed by atoms with Gasteiger partial charge in [-0.05, 0) is 54.6 Å². The van der Waals surface area contributed by atoms with Gasteiger partial charge in [0.1, 0.15) is 11.5 Å². The lowest BCUT2D eigenvalue weighted by Gasteiger charge is -2.37. The fourth-order valence-corrected chi connectivity index (χ4v) is 4.36. The van der Waals surface area contributed by atoms with Crippen molar-refractivity contribution in [2.45, 2.75) is 18.4 Å². The van der Waals surface area contributed by atoms with E-state index in [4.69, 9.17) is 9.47 Å². The first-order valence-electron chi connectivity index (χ1n) is 11.0. The van der Waals surface area contributed by atoms with Gasteiger partial charge in [0.2, 0.25) is 5.78 Å². The van der Waals surface area contributed by atoms with Crippen LogP contribution < -0.4 is 9.47 Å². The van der Waals surface area contributed by atoms with Crippen LogP contribution in [0.25, 0.3) is 0 Å². The van der Waals surface area contributed by atoms with E-state index in [2.05, 4.69) is 11.8 Å². The highest BCUT2D eigenvalue weighted by Gasteiger charge is 2.50. The van der Waals surface area contributed by atoms with Gasteiger partial charge in [-0.2, -0.15) is 0 Å². The number of amides is 1. The van der Waals surface area contributed by atoms with Crippen LogP contribution in [0.5, 0.6) is 11.5 Å². The second-order valence-corrected chi connectivity index (χ2v) is 8.27. The Hall–Kier alpha value is -4.04. The van der Waals surface area contributed by atoms with Crippen molar-refractivity contribution >= 4 is 11.7 Å². The molecule has 2 aliphatic heterocycles. The molecule has 0 bridgehead atoms. The number of hydrogen-bond acceptors (Lipinski definition) is 4. The number of piperidine rings is 1. The van der Waals surface area contributed by atoms with Gasteiger partial charge in [0.05, 0.1) is 12.7 Å². The van der Waals surface area contributed by atoms with Gasteiger partial charge in [0.25, 0.3) is 5.91 Å². The van der Waals surface area contributed by atoms with E-state index in [-0.39, 0.29) is 11.7 Å². The van der Waals surface area contributed by atoms with Crippen LogP contribution in [0.2, 0.25) is 0 Å². The molecule has 5 heteroatoms. The number of carbonyl (C=O) groups excluding carboxylic acids is 2. The van der Waals surface area contributed by atoms with Crippen molar-refractivity contribution in [3.8, 4) is 23.3 Å². The molecular formula is C28H23NO4. The summed E-state index contributed by atoms with van der Waals surface area (Å²) < 4.78 is 11.3. The minimum absolute atomic E-state index is 0.00972. The second kappa shape index (κ2) is 8.48. The largest absolute Gasteiger partial charge is 0.497 e. The summed E-state index contributed by atoms with van der Waals surface area (Å²) in [5.74, 6) is 7.60. The zero-order valence-corrected chi connectivity index (χ0v) is 18.3. The molecule has 0 N–H and O–H groups in total. The van der Waals surface area contributed by atoms with Crippen molar-refractivity contribution in [3.05, 3.63) is 95.1 Å². The van der Waals surface area contributed by atoms with E-state index >= 15 is 0 Å². The SMILES string of the molecule is COc1ccc(C#Cc2ccc3c(c2)C(=O)C2(CCN(C(=O)c4ccccc4)CC2)O3)cc1. The Morgan fingerprint density at radius 1 is 0.939 bits per heavy atom. The van der Waals surface area contributed by atoms with Gasteiger partial charge >= 0.3 is 0 Å². The van der Waals surface area contributed by atoms with Gasteiger partial charge in [-0.1, -0.05) is 30.0 Å². The maximum Gasteiger partial charge on any atom is 0.253 e. The molecule has 33 heavy (non-hydrogen) atoms. The maximum atomic E-state index is 13.3. The number of ketones is 1. The summed E-state index contributed by atoms with van der Waals surface area (Å²) in [7, 11) is 1.63. The highest BCUT2D eigenvalue weighted by atomic mass is 16.5. The average molecular weight is 437 g/mol. The standard InChI is InChI=1S/C28H23NO4/c1-32-23-12-9-20(10-13-23)7-8-21-11-14-25-24(19-21)26(30)28(33-25)15-17-29(18-16-28)27(31)22-5-3-2-4-6-22/h2-6,9-14,19H,15-18H2,1H3. The number of ether oxygens (including phenoxy) is 2. The topological polar surface area (TPSA) is 55.8 Å². The van der Waals surface area contributed by atoms with Gasteiger partial charge in [-0.25, -0.2) is 0 Å². The Morgan fingerprint density at radius 2 is 1.61 bits per heavy atom. The molecule has 1 spiro atoms. The normalized spacial score (nSPS) is 15.9. The predicted octanol–water partition coefficient (Wildman–Crippen LogP) is 4.35. The smallest absolute Gasteiger partial charge is 0.253 e. The van der Waals surface area contributed by atoms with Crippen LogP contribution in [-0.4, -0.2) is 42.4 Å². The van der Waals surface area contributed by atoms with E-state index in [1.54, 1.807) is 12.0 Å². The van der Waals surface area contributed by atoms with Crippen molar-refractivity contribution in [1.29, 1.82) is 0 Å². The number of benzene rings is 3. The molecule has 2 aliphatic rings. The van der Waals surface area contributed by atoms with Gasteiger partial charge < -0.3 is 14.4 Å². The molecule has 0 aromatic heterocycles. The molecule has 1 amide bonds. The van der Waals surface area contributed by atoms with Gasteiger partial charge in [-0.15, -0.1) is 0 Å². The van der Waals surface area contributed by atoms with Crippen LogP contribution in [0.1, 0.15) is 44.7 Å². The zero-order chi connectivity index (χ0) is 22.8. The van der Waals surface area contributed by atoms with Crippen molar-refractivity contribution in [1.82, 2.24) is 4.90 Å². The number of nitrogens with zero attached hydrogens (tertiary/aromatic N) is 1. The Balaban J connectivity index is 1.30. The van der Waals surface area contributed by atoms with E-state index in [1.807, 2.05) is 72.8 Å². The van der Waals surface area contributed by atoms with Crippen molar-refractivity contribution in [2.75, 3.05) is 20.2 Å². The Labute approximate surface area is 192 Å². The number of carbonyl (C=O) groups is 2. The first kappa shape index (κ1) is 20.8. The molecule has 3 aromatic rings. The zero-order valence-electron chi connectivity index (χ0n) is 18.3. The van der Waals surface area contributed by atoms with Crippen LogP contribution in [-0.2, 0) is 0 Å². The van der Waals surface area contributed by atoms with Crippen LogP contribution in [0, 0.1) is 11.8 Å². The van der Waals surface area contributed by atoms with Crippen molar-refractivity contribution < 1.29 is 19.1 Å². The average Bonchev–Trinajstić information content (AvgIpc) is 3.14. The third-order valence-corrected chi connectivity index (χ3v) is 6.26. The molecule has 0 unspecified atom stereocenters. The van der Waals surface area contributed by atoms with Gasteiger partial charge in [0.15, 0.2) is 5.60 Å². The highest BCUT2D eigenvalue weighted by molar-refractivity contribution is 6.08. The van der Waals surface area contributed by atoms with Crippen LogP contribution in [0.3, 0.4) is 0 Å². The molecule has 164 valence electrons. The lowest BCUT2D eigenvalue weighted by atomic mass is 9.85. The van der Waals surface area contributed by atoms with E-state index in [1.165, 1.54) is 0 Å². The summed E-state index contributed by atoms with van der Waals surface area (Å²) in [6.07, 6.45) is 0.956. The van der Waals surface area contributed by atoms with Crippen molar-refractivity contribution in [3.63, 3.8) is 0 Å². The summed E-state index contributed by atoms with van der Waals surface area (Å²) in [4.78, 5) is 27.9. The predicted molar refractivity (Wildman–Crippen MR) is 125 cm³/mol. The Kier molecular flexibility index (Phi) is 5.35. The molecule has 1 fully saturated rings. The second-order valence-electron chi connectivity index (χ2n) is 8.27. The molecule has 3 aromatic carbocycles. The minimum atomic E-state index is -0.891. The van der Waals surface area contributed by atoms with E-state index < -0.39 is 5.60 Å². The molecular weight excluding hydrogens is 414 g/mol. The number of methoxy groups -OCH3 is 1. The van der Waals surface area contributed by atoms with Crippen molar-refractivity contribution in [2.24, 2.45) is 0 Å². The van der Waals surface area contributed by atoms with Gasteiger partial charge in [0, 0.05) is 42.6 Å². The Bertz CT molecular complexity index is 1260. The maximum absolute atomic E-state index is 13.3. The molecule has 5 rings (SSSR count). The van der Waals surface area contributed by atoms with Crippen LogP contribution in [0.15, 0.2) is 72.8 Å². The molecule has 0 aliphatic carbocycles. The third kappa shape index (κ3) is 3.96. The number of hydrogen-bond donors (Lipinski definition) is 0. The number of rotatable bonds is 2. The van der Waals surface area contributed by atoms with Crippen LogP contribution in [0.4, 0.5) is 0 Å².